The molecule has 1 N–H and O–H groups in total. The van der Waals surface area contributed by atoms with Crippen molar-refractivity contribution in [3.63, 3.8) is 0 Å². The fourth-order valence-electron chi connectivity index (χ4n) is 2.36. The molecular formula is C17H26ClNO3. The van der Waals surface area contributed by atoms with Crippen LogP contribution in [0.5, 0.6) is 5.75 Å². The first kappa shape index (κ1) is 18.8. The second-order valence-electron chi connectivity index (χ2n) is 5.17. The van der Waals surface area contributed by atoms with Crippen molar-refractivity contribution < 1.29 is 14.6 Å². The summed E-state index contributed by atoms with van der Waals surface area (Å²) in [5.41, 5.74) is 2.67. The van der Waals surface area contributed by atoms with Crippen molar-refractivity contribution in [2.45, 2.75) is 46.5 Å². The number of nitrogens with zero attached hydrogens (tertiary/aromatic N) is 1. The number of carbonyl (C=O) groups excluding carboxylic acids is 1. The van der Waals surface area contributed by atoms with Gasteiger partial charge in [0.2, 0.25) is 5.91 Å². The number of halogens is 1. The van der Waals surface area contributed by atoms with E-state index in [4.69, 9.17) is 16.3 Å². The summed E-state index contributed by atoms with van der Waals surface area (Å²) in [4.78, 5) is 13.8. The molecule has 0 atom stereocenters. The zero-order valence-corrected chi connectivity index (χ0v) is 14.4. The van der Waals surface area contributed by atoms with E-state index in [0.717, 1.165) is 42.5 Å². The van der Waals surface area contributed by atoms with Gasteiger partial charge in [0.1, 0.15) is 18.4 Å². The van der Waals surface area contributed by atoms with Gasteiger partial charge in [0, 0.05) is 6.61 Å². The number of alkyl halides is 1. The molecule has 1 aromatic rings. The van der Waals surface area contributed by atoms with Crippen molar-refractivity contribution in [1.29, 1.82) is 0 Å². The number of amides is 1. The van der Waals surface area contributed by atoms with Crippen LogP contribution in [0.25, 0.3) is 0 Å². The minimum atomic E-state index is -0.187. The maximum Gasteiger partial charge on any atom is 0.243 e. The molecule has 1 amide bonds. The van der Waals surface area contributed by atoms with Gasteiger partial charge < -0.3 is 9.84 Å². The minimum absolute atomic E-state index is 0.0929. The van der Waals surface area contributed by atoms with Crippen LogP contribution in [0.1, 0.15) is 44.7 Å². The molecule has 124 valence electrons. The molecule has 22 heavy (non-hydrogen) atoms. The third-order valence-electron chi connectivity index (χ3n) is 3.56. The second kappa shape index (κ2) is 9.70. The Kier molecular flexibility index (Phi) is 8.28. The Morgan fingerprint density at radius 3 is 2.27 bits per heavy atom. The lowest BCUT2D eigenvalue weighted by atomic mass is 10.0. The molecule has 0 saturated heterocycles. The summed E-state index contributed by atoms with van der Waals surface area (Å²) in [5.74, 6) is -0.0551. The Morgan fingerprint density at radius 1 is 1.23 bits per heavy atom. The first-order chi connectivity index (χ1) is 10.6. The van der Waals surface area contributed by atoms with Crippen LogP contribution in [-0.4, -0.2) is 30.2 Å². The number of phenolic OH excluding ortho intramolecular Hbond substituents is 1. The maximum atomic E-state index is 12.2. The first-order valence-corrected chi connectivity index (χ1v) is 8.41. The van der Waals surface area contributed by atoms with Crippen LogP contribution in [-0.2, 0) is 22.4 Å². The second-order valence-corrected chi connectivity index (χ2v) is 5.43. The highest BCUT2D eigenvalue weighted by Crippen LogP contribution is 2.31. The summed E-state index contributed by atoms with van der Waals surface area (Å²) < 4.78 is 5.63. The van der Waals surface area contributed by atoms with Crippen LogP contribution in [0.15, 0.2) is 12.1 Å². The lowest BCUT2D eigenvalue weighted by molar-refractivity contribution is -0.117. The van der Waals surface area contributed by atoms with Gasteiger partial charge in [0.05, 0.1) is 5.69 Å². The predicted octanol–water partition coefficient (Wildman–Crippen LogP) is 3.86. The number of unbranched alkanes of at least 4 members (excludes halogenated alkanes) is 1. The zero-order valence-electron chi connectivity index (χ0n) is 13.7. The lowest BCUT2D eigenvalue weighted by Crippen LogP contribution is -2.35. The molecule has 0 heterocycles. The van der Waals surface area contributed by atoms with Crippen molar-refractivity contribution in [2.75, 3.05) is 24.1 Å². The number of aromatic hydroxyl groups is 1. The van der Waals surface area contributed by atoms with Gasteiger partial charge in [-0.3, -0.25) is 9.69 Å². The van der Waals surface area contributed by atoms with Crippen LogP contribution < -0.4 is 4.90 Å². The molecule has 0 aliphatic rings. The summed E-state index contributed by atoms with van der Waals surface area (Å²) in [6, 6.07) is 3.41. The Balaban J connectivity index is 3.14. The predicted molar refractivity (Wildman–Crippen MR) is 90.8 cm³/mol. The molecule has 1 rings (SSSR count). The summed E-state index contributed by atoms with van der Waals surface area (Å²) in [7, 11) is 0. The summed E-state index contributed by atoms with van der Waals surface area (Å²) in [6.07, 6.45) is 3.44. The Morgan fingerprint density at radius 2 is 1.82 bits per heavy atom. The number of carbonyl (C=O) groups is 1. The van der Waals surface area contributed by atoms with Crippen molar-refractivity contribution in [3.8, 4) is 5.75 Å². The highest BCUT2D eigenvalue weighted by atomic mass is 35.5. The lowest BCUT2D eigenvalue weighted by Gasteiger charge is -2.27. The molecule has 0 aliphatic carbocycles. The van der Waals surface area contributed by atoms with E-state index in [1.165, 1.54) is 0 Å². The van der Waals surface area contributed by atoms with Gasteiger partial charge >= 0.3 is 0 Å². The van der Waals surface area contributed by atoms with Crippen LogP contribution in [0, 0.1) is 0 Å². The van der Waals surface area contributed by atoms with E-state index in [9.17, 15) is 9.90 Å². The number of ether oxygens (including phenoxy) is 1. The summed E-state index contributed by atoms with van der Waals surface area (Å²) in [6.45, 7) is 6.90. The smallest absolute Gasteiger partial charge is 0.243 e. The van der Waals surface area contributed by atoms with E-state index < -0.39 is 0 Å². The molecule has 0 fully saturated rings. The quantitative estimate of drug-likeness (QED) is 0.425. The highest BCUT2D eigenvalue weighted by Gasteiger charge is 2.21. The van der Waals surface area contributed by atoms with Gasteiger partial charge in [-0.25, -0.2) is 0 Å². The summed E-state index contributed by atoms with van der Waals surface area (Å²) in [5, 5.41) is 9.84. The average molecular weight is 328 g/mol. The van der Waals surface area contributed by atoms with Gasteiger partial charge in [-0.15, -0.1) is 11.6 Å². The zero-order chi connectivity index (χ0) is 16.5. The molecule has 0 saturated carbocycles. The molecule has 1 aromatic carbocycles. The largest absolute Gasteiger partial charge is 0.508 e. The van der Waals surface area contributed by atoms with Crippen molar-refractivity contribution in [2.24, 2.45) is 0 Å². The van der Waals surface area contributed by atoms with E-state index in [-0.39, 0.29) is 24.3 Å². The van der Waals surface area contributed by atoms with Crippen LogP contribution >= 0.6 is 11.6 Å². The normalized spacial score (nSPS) is 10.7. The summed E-state index contributed by atoms with van der Waals surface area (Å²) >= 11 is 5.76. The minimum Gasteiger partial charge on any atom is -0.508 e. The Labute approximate surface area is 138 Å². The van der Waals surface area contributed by atoms with Gasteiger partial charge in [-0.1, -0.05) is 27.2 Å². The number of aryl methyl sites for hydroxylation is 2. The third kappa shape index (κ3) is 4.89. The molecule has 0 unspecified atom stereocenters. The van der Waals surface area contributed by atoms with Crippen molar-refractivity contribution in [3.05, 3.63) is 23.3 Å². The monoisotopic (exact) mass is 327 g/mol. The van der Waals surface area contributed by atoms with E-state index in [0.29, 0.717) is 6.61 Å². The molecule has 0 radical (unpaired) electrons. The fourth-order valence-corrected chi connectivity index (χ4v) is 2.51. The average Bonchev–Trinajstić information content (AvgIpc) is 2.54. The van der Waals surface area contributed by atoms with E-state index in [1.807, 2.05) is 13.8 Å². The number of phenols is 1. The van der Waals surface area contributed by atoms with Crippen LogP contribution in [0.4, 0.5) is 5.69 Å². The standard InChI is InChI=1S/C17H26ClNO3/c1-4-7-8-22-12-19(16(21)11-18)17-13(5-2)9-15(20)10-14(17)6-3/h9-10,20H,4-8,11-12H2,1-3H3. The molecule has 5 heteroatoms. The number of anilines is 1. The van der Waals surface area contributed by atoms with E-state index in [2.05, 4.69) is 6.92 Å². The van der Waals surface area contributed by atoms with Crippen molar-refractivity contribution in [1.82, 2.24) is 0 Å². The number of hydrogen-bond donors (Lipinski definition) is 1. The highest BCUT2D eigenvalue weighted by molar-refractivity contribution is 6.29. The van der Waals surface area contributed by atoms with Crippen LogP contribution in [0.2, 0.25) is 0 Å². The van der Waals surface area contributed by atoms with Gasteiger partial charge in [-0.05, 0) is 42.5 Å². The topological polar surface area (TPSA) is 49.8 Å². The number of rotatable bonds is 9. The molecular weight excluding hydrogens is 302 g/mol. The number of hydrogen-bond acceptors (Lipinski definition) is 3. The van der Waals surface area contributed by atoms with Gasteiger partial charge in [0.25, 0.3) is 0 Å². The van der Waals surface area contributed by atoms with Crippen LogP contribution in [0.3, 0.4) is 0 Å². The maximum absolute atomic E-state index is 12.2. The van der Waals surface area contributed by atoms with E-state index >= 15 is 0 Å². The van der Waals surface area contributed by atoms with Gasteiger partial charge in [-0.2, -0.15) is 0 Å². The molecule has 0 spiro atoms. The molecule has 4 nitrogen and oxygen atoms in total. The third-order valence-corrected chi connectivity index (χ3v) is 3.79. The van der Waals surface area contributed by atoms with E-state index in [1.54, 1.807) is 17.0 Å². The molecule has 0 bridgehead atoms. The first-order valence-electron chi connectivity index (χ1n) is 7.87. The number of benzene rings is 1. The molecule has 0 aliphatic heterocycles. The SMILES string of the molecule is CCCCOCN(C(=O)CCl)c1c(CC)cc(O)cc1CC. The van der Waals surface area contributed by atoms with Crippen molar-refractivity contribution >= 4 is 23.2 Å². The Bertz CT molecular complexity index is 466. The molecule has 0 aromatic heterocycles. The fraction of sp³-hybridized carbons (Fsp3) is 0.588. The van der Waals surface area contributed by atoms with Gasteiger partial charge in [0.15, 0.2) is 0 Å². The Hall–Kier alpha value is -1.26.